The predicted octanol–water partition coefficient (Wildman–Crippen LogP) is 3.52. The zero-order valence-electron chi connectivity index (χ0n) is 13.2. The molecule has 0 bridgehead atoms. The summed E-state index contributed by atoms with van der Waals surface area (Å²) < 4.78 is 10.7. The lowest BCUT2D eigenvalue weighted by molar-refractivity contribution is -0.143. The van der Waals surface area contributed by atoms with E-state index in [0.717, 1.165) is 5.56 Å². The summed E-state index contributed by atoms with van der Waals surface area (Å²) in [6, 6.07) is 13.3. The van der Waals surface area contributed by atoms with Crippen LogP contribution in [-0.4, -0.2) is 25.0 Å². The van der Waals surface area contributed by atoms with Crippen molar-refractivity contribution in [1.82, 2.24) is 5.32 Å². The van der Waals surface area contributed by atoms with Crippen molar-refractivity contribution in [2.45, 2.75) is 12.8 Å². The first-order chi connectivity index (χ1) is 11.5. The first-order valence-corrected chi connectivity index (χ1v) is 8.25. The van der Waals surface area contributed by atoms with E-state index in [4.69, 9.17) is 9.15 Å². The van der Waals surface area contributed by atoms with Gasteiger partial charge < -0.3 is 14.5 Å². The van der Waals surface area contributed by atoms with Crippen molar-refractivity contribution in [1.29, 1.82) is 0 Å². The number of amides is 1. The molecule has 6 heteroatoms. The Balaban J connectivity index is 1.69. The molecule has 2 aromatic rings. The molecule has 1 aromatic carbocycles. The molecule has 0 unspecified atom stereocenters. The van der Waals surface area contributed by atoms with Gasteiger partial charge in [-0.25, -0.2) is 4.79 Å². The average Bonchev–Trinajstić information content (AvgIpc) is 3.02. The van der Waals surface area contributed by atoms with Crippen LogP contribution in [0.15, 0.2) is 57.6 Å². The van der Waals surface area contributed by atoms with Crippen LogP contribution in [-0.2, 0) is 14.3 Å². The minimum absolute atomic E-state index is 0.183. The molecule has 1 amide bonds. The van der Waals surface area contributed by atoms with Crippen LogP contribution in [0, 0.1) is 0 Å². The maximum absolute atomic E-state index is 11.7. The van der Waals surface area contributed by atoms with E-state index in [1.54, 1.807) is 12.1 Å². The molecule has 1 aromatic heterocycles. The number of nitrogens with one attached hydrogen (secondary N) is 1. The molecule has 1 N–H and O–H groups in total. The minimum Gasteiger partial charge on any atom is -0.452 e. The number of carbonyl (C=O) groups is 2. The SMILES string of the molecule is C[C@@H](CNC(=O)COC(=O)/C=C/c1ccc(Br)o1)c1ccccc1. The van der Waals surface area contributed by atoms with Gasteiger partial charge in [0.2, 0.25) is 0 Å². The molecule has 1 atom stereocenters. The highest BCUT2D eigenvalue weighted by atomic mass is 79.9. The van der Waals surface area contributed by atoms with Crippen LogP contribution in [0.1, 0.15) is 24.2 Å². The second-order valence-electron chi connectivity index (χ2n) is 5.20. The number of furan rings is 1. The zero-order chi connectivity index (χ0) is 17.4. The summed E-state index contributed by atoms with van der Waals surface area (Å²) in [7, 11) is 0. The third-order valence-electron chi connectivity index (χ3n) is 3.30. The van der Waals surface area contributed by atoms with Gasteiger partial charge in [-0.1, -0.05) is 37.3 Å². The summed E-state index contributed by atoms with van der Waals surface area (Å²) in [4.78, 5) is 23.3. The number of benzene rings is 1. The van der Waals surface area contributed by atoms with Crippen LogP contribution in [0.5, 0.6) is 0 Å². The monoisotopic (exact) mass is 391 g/mol. The molecule has 0 aliphatic rings. The summed E-state index contributed by atoms with van der Waals surface area (Å²) in [6.07, 6.45) is 2.69. The molecule has 0 spiro atoms. The third-order valence-corrected chi connectivity index (χ3v) is 3.72. The number of hydrogen-bond donors (Lipinski definition) is 1. The van der Waals surface area contributed by atoms with Crippen molar-refractivity contribution in [2.75, 3.05) is 13.2 Å². The Kier molecular flexibility index (Phi) is 6.81. The van der Waals surface area contributed by atoms with Gasteiger partial charge in [0.15, 0.2) is 11.3 Å². The average molecular weight is 392 g/mol. The number of esters is 1. The maximum atomic E-state index is 11.7. The molecule has 0 radical (unpaired) electrons. The summed E-state index contributed by atoms with van der Waals surface area (Å²) >= 11 is 3.16. The predicted molar refractivity (Wildman–Crippen MR) is 94.3 cm³/mol. The Hall–Kier alpha value is -2.34. The quantitative estimate of drug-likeness (QED) is 0.578. The highest BCUT2D eigenvalue weighted by molar-refractivity contribution is 9.10. The highest BCUT2D eigenvalue weighted by Gasteiger charge is 2.09. The van der Waals surface area contributed by atoms with Crippen molar-refractivity contribution in [3.63, 3.8) is 0 Å². The van der Waals surface area contributed by atoms with Crippen LogP contribution >= 0.6 is 15.9 Å². The van der Waals surface area contributed by atoms with E-state index in [9.17, 15) is 9.59 Å². The van der Waals surface area contributed by atoms with E-state index in [-0.39, 0.29) is 18.4 Å². The van der Waals surface area contributed by atoms with Crippen LogP contribution in [0.3, 0.4) is 0 Å². The van der Waals surface area contributed by atoms with Crippen LogP contribution in [0.4, 0.5) is 0 Å². The van der Waals surface area contributed by atoms with Gasteiger partial charge in [0.05, 0.1) is 0 Å². The Morgan fingerprint density at radius 2 is 2.00 bits per heavy atom. The number of halogens is 1. The summed E-state index contributed by atoms with van der Waals surface area (Å²) in [5, 5.41) is 2.75. The molecule has 5 nitrogen and oxygen atoms in total. The molecule has 0 fully saturated rings. The van der Waals surface area contributed by atoms with Gasteiger partial charge in [0.25, 0.3) is 5.91 Å². The van der Waals surface area contributed by atoms with E-state index in [2.05, 4.69) is 21.2 Å². The molecule has 0 saturated carbocycles. The topological polar surface area (TPSA) is 68.5 Å². The van der Waals surface area contributed by atoms with E-state index in [1.165, 1.54) is 12.2 Å². The molecular weight excluding hydrogens is 374 g/mol. The van der Waals surface area contributed by atoms with Crippen molar-refractivity contribution >= 4 is 33.9 Å². The number of carbonyl (C=O) groups excluding carboxylic acids is 2. The Bertz CT molecular complexity index is 709. The minimum atomic E-state index is -0.603. The van der Waals surface area contributed by atoms with Gasteiger partial charge in [0.1, 0.15) is 5.76 Å². The highest BCUT2D eigenvalue weighted by Crippen LogP contribution is 2.15. The molecule has 1 heterocycles. The fourth-order valence-electron chi connectivity index (χ4n) is 1.97. The number of hydrogen-bond acceptors (Lipinski definition) is 4. The molecule has 126 valence electrons. The summed E-state index contributed by atoms with van der Waals surface area (Å²) in [6.45, 7) is 2.19. The maximum Gasteiger partial charge on any atom is 0.331 e. The number of ether oxygens (including phenoxy) is 1. The molecule has 2 rings (SSSR count). The molecule has 0 aliphatic heterocycles. The van der Waals surface area contributed by atoms with E-state index >= 15 is 0 Å². The number of rotatable bonds is 7. The zero-order valence-corrected chi connectivity index (χ0v) is 14.8. The Labute approximate surface area is 148 Å². The first kappa shape index (κ1) is 18.0. The van der Waals surface area contributed by atoms with Crippen molar-refractivity contribution in [3.8, 4) is 0 Å². The lowest BCUT2D eigenvalue weighted by Crippen LogP contribution is -2.31. The van der Waals surface area contributed by atoms with Gasteiger partial charge in [0, 0.05) is 12.6 Å². The Morgan fingerprint density at radius 1 is 1.25 bits per heavy atom. The first-order valence-electron chi connectivity index (χ1n) is 7.46. The van der Waals surface area contributed by atoms with Crippen LogP contribution in [0.2, 0.25) is 0 Å². The van der Waals surface area contributed by atoms with Crippen LogP contribution < -0.4 is 5.32 Å². The van der Waals surface area contributed by atoms with Gasteiger partial charge >= 0.3 is 5.97 Å². The fraction of sp³-hybridized carbons (Fsp3) is 0.222. The summed E-state index contributed by atoms with van der Waals surface area (Å²) in [5.74, 6) is -0.239. The van der Waals surface area contributed by atoms with Gasteiger partial charge in [-0.3, -0.25) is 4.79 Å². The molecule has 24 heavy (non-hydrogen) atoms. The Morgan fingerprint density at radius 3 is 2.67 bits per heavy atom. The molecular formula is C18H18BrNO4. The standard InChI is InChI=1S/C18H18BrNO4/c1-13(14-5-3-2-4-6-14)11-20-17(21)12-23-18(22)10-8-15-7-9-16(19)24-15/h2-10,13H,11-12H2,1H3,(H,20,21)/b10-8+/t13-/m0/s1. The van der Waals surface area contributed by atoms with Crippen molar-refractivity contribution in [2.24, 2.45) is 0 Å². The molecule has 0 saturated heterocycles. The fourth-order valence-corrected chi connectivity index (χ4v) is 2.29. The van der Waals surface area contributed by atoms with E-state index < -0.39 is 5.97 Å². The normalized spacial score (nSPS) is 12.1. The van der Waals surface area contributed by atoms with Crippen molar-refractivity contribution in [3.05, 3.63) is 64.5 Å². The second kappa shape index (κ2) is 9.08. The van der Waals surface area contributed by atoms with Crippen molar-refractivity contribution < 1.29 is 18.7 Å². The smallest absolute Gasteiger partial charge is 0.331 e. The lowest BCUT2D eigenvalue weighted by atomic mass is 10.0. The van der Waals surface area contributed by atoms with Gasteiger partial charge in [-0.05, 0) is 45.6 Å². The van der Waals surface area contributed by atoms with Gasteiger partial charge in [-0.15, -0.1) is 0 Å². The summed E-state index contributed by atoms with van der Waals surface area (Å²) in [5.41, 5.74) is 1.14. The van der Waals surface area contributed by atoms with Crippen LogP contribution in [0.25, 0.3) is 6.08 Å². The van der Waals surface area contributed by atoms with E-state index in [0.29, 0.717) is 17.0 Å². The molecule has 0 aliphatic carbocycles. The van der Waals surface area contributed by atoms with Gasteiger partial charge in [-0.2, -0.15) is 0 Å². The largest absolute Gasteiger partial charge is 0.452 e. The second-order valence-corrected chi connectivity index (χ2v) is 5.98. The van der Waals surface area contributed by atoms with E-state index in [1.807, 2.05) is 37.3 Å². The third kappa shape index (κ3) is 6.04. The lowest BCUT2D eigenvalue weighted by Gasteiger charge is -2.12.